The average Bonchev–Trinajstić information content (AvgIpc) is 2.91. The van der Waals surface area contributed by atoms with Gasteiger partial charge in [-0.3, -0.25) is 4.98 Å². The van der Waals surface area contributed by atoms with Gasteiger partial charge in [0.25, 0.3) is 0 Å². The van der Waals surface area contributed by atoms with E-state index in [2.05, 4.69) is 17.2 Å². The van der Waals surface area contributed by atoms with Gasteiger partial charge in [-0.05, 0) is 48.9 Å². The molecule has 2 aromatic heterocycles. The van der Waals surface area contributed by atoms with Crippen LogP contribution < -0.4 is 5.32 Å². The molecule has 1 aromatic carbocycles. The van der Waals surface area contributed by atoms with Gasteiger partial charge in [0.1, 0.15) is 17.2 Å². The topological polar surface area (TPSA) is 38.1 Å². The molecular weight excluding hydrogens is 267 g/mol. The molecule has 0 radical (unpaired) electrons. The van der Waals surface area contributed by atoms with Crippen molar-refractivity contribution in [3.05, 3.63) is 65.9 Å². The lowest BCUT2D eigenvalue weighted by Crippen LogP contribution is -2.22. The summed E-state index contributed by atoms with van der Waals surface area (Å²) in [6, 6.07) is 10.3. The van der Waals surface area contributed by atoms with Crippen LogP contribution in [0.3, 0.4) is 0 Å². The van der Waals surface area contributed by atoms with Crippen LogP contribution in [-0.4, -0.2) is 11.5 Å². The fraction of sp³-hybridized carbons (Fsp3) is 0.235. The van der Waals surface area contributed by atoms with Crippen LogP contribution in [0.2, 0.25) is 0 Å². The second-order valence-electron chi connectivity index (χ2n) is 5.00. The Hall–Kier alpha value is -2.20. The van der Waals surface area contributed by atoms with E-state index in [1.165, 1.54) is 12.1 Å². The molecule has 0 saturated heterocycles. The Morgan fingerprint density at radius 2 is 2.19 bits per heavy atom. The molecule has 3 aromatic rings. The van der Waals surface area contributed by atoms with Crippen molar-refractivity contribution in [1.82, 2.24) is 10.3 Å². The molecule has 0 saturated carbocycles. The molecule has 21 heavy (non-hydrogen) atoms. The van der Waals surface area contributed by atoms with Crippen LogP contribution in [0.5, 0.6) is 0 Å². The number of aromatic nitrogens is 1. The van der Waals surface area contributed by atoms with Gasteiger partial charge in [-0.25, -0.2) is 4.39 Å². The first kappa shape index (κ1) is 13.8. The van der Waals surface area contributed by atoms with Crippen LogP contribution in [-0.2, 0) is 0 Å². The summed E-state index contributed by atoms with van der Waals surface area (Å²) in [4.78, 5) is 4.17. The van der Waals surface area contributed by atoms with Gasteiger partial charge in [-0.1, -0.05) is 13.0 Å². The Kier molecular flexibility index (Phi) is 3.97. The molecule has 0 aliphatic rings. The quantitative estimate of drug-likeness (QED) is 0.768. The van der Waals surface area contributed by atoms with Crippen LogP contribution in [0, 0.1) is 5.82 Å². The summed E-state index contributed by atoms with van der Waals surface area (Å²) in [5.41, 5.74) is 1.73. The number of benzene rings is 1. The number of hydrogen-bond acceptors (Lipinski definition) is 3. The van der Waals surface area contributed by atoms with Gasteiger partial charge in [-0.2, -0.15) is 0 Å². The molecule has 0 amide bonds. The predicted molar refractivity (Wildman–Crippen MR) is 80.5 cm³/mol. The van der Waals surface area contributed by atoms with Crippen LogP contribution in [0.15, 0.2) is 53.2 Å². The maximum Gasteiger partial charge on any atom is 0.134 e. The third kappa shape index (κ3) is 2.95. The molecule has 1 atom stereocenters. The lowest BCUT2D eigenvalue weighted by atomic mass is 10.1. The number of nitrogens with one attached hydrogen (secondary N) is 1. The van der Waals surface area contributed by atoms with Gasteiger partial charge < -0.3 is 9.73 Å². The van der Waals surface area contributed by atoms with Gasteiger partial charge in [0, 0.05) is 17.8 Å². The number of pyridine rings is 1. The highest BCUT2D eigenvalue weighted by atomic mass is 19.1. The van der Waals surface area contributed by atoms with Crippen molar-refractivity contribution in [2.75, 3.05) is 6.54 Å². The van der Waals surface area contributed by atoms with Crippen LogP contribution >= 0.6 is 0 Å². The summed E-state index contributed by atoms with van der Waals surface area (Å²) >= 11 is 0. The number of halogens is 1. The average molecular weight is 284 g/mol. The Morgan fingerprint density at radius 3 is 2.95 bits per heavy atom. The molecule has 108 valence electrons. The second-order valence-corrected chi connectivity index (χ2v) is 5.00. The van der Waals surface area contributed by atoms with Crippen LogP contribution in [0.1, 0.15) is 30.7 Å². The monoisotopic (exact) mass is 284 g/mol. The van der Waals surface area contributed by atoms with Gasteiger partial charge in [0.05, 0.1) is 6.04 Å². The van der Waals surface area contributed by atoms with E-state index in [4.69, 9.17) is 4.42 Å². The Morgan fingerprint density at radius 1 is 1.29 bits per heavy atom. The second kappa shape index (κ2) is 6.06. The molecule has 0 aliphatic carbocycles. The third-order valence-electron chi connectivity index (χ3n) is 3.40. The minimum absolute atomic E-state index is 0.0749. The molecule has 2 heterocycles. The number of rotatable bonds is 5. The summed E-state index contributed by atoms with van der Waals surface area (Å²) in [6.45, 7) is 2.98. The van der Waals surface area contributed by atoms with E-state index in [9.17, 15) is 4.39 Å². The van der Waals surface area contributed by atoms with Gasteiger partial charge in [0.15, 0.2) is 0 Å². The summed E-state index contributed by atoms with van der Waals surface area (Å²) in [7, 11) is 0. The van der Waals surface area contributed by atoms with Crippen molar-refractivity contribution in [2.24, 2.45) is 0 Å². The predicted octanol–water partition coefficient (Wildman–Crippen LogP) is 4.06. The summed E-state index contributed by atoms with van der Waals surface area (Å²) in [6.07, 6.45) is 4.58. The first-order chi connectivity index (χ1) is 10.3. The fourth-order valence-corrected chi connectivity index (χ4v) is 2.40. The number of hydrogen-bond donors (Lipinski definition) is 1. The first-order valence-electron chi connectivity index (χ1n) is 7.10. The van der Waals surface area contributed by atoms with E-state index in [0.29, 0.717) is 5.58 Å². The molecule has 1 N–H and O–H groups in total. The molecule has 0 spiro atoms. The maximum absolute atomic E-state index is 13.3. The SMILES string of the molecule is CCCNC(c1cccnc1)c1cc2cc(F)ccc2o1. The molecule has 1 unspecified atom stereocenters. The summed E-state index contributed by atoms with van der Waals surface area (Å²) in [5.74, 6) is 0.520. The van der Waals surface area contributed by atoms with Crippen molar-refractivity contribution >= 4 is 11.0 Å². The highest BCUT2D eigenvalue weighted by Gasteiger charge is 2.18. The van der Waals surface area contributed by atoms with Crippen molar-refractivity contribution < 1.29 is 8.81 Å². The molecule has 0 bridgehead atoms. The Balaban J connectivity index is 2.01. The normalized spacial score (nSPS) is 12.7. The fourth-order valence-electron chi connectivity index (χ4n) is 2.40. The zero-order valence-electron chi connectivity index (χ0n) is 11.8. The largest absolute Gasteiger partial charge is 0.459 e. The molecule has 3 nitrogen and oxygen atoms in total. The molecule has 0 fully saturated rings. The first-order valence-corrected chi connectivity index (χ1v) is 7.10. The minimum Gasteiger partial charge on any atom is -0.459 e. The van der Waals surface area contributed by atoms with Crippen LogP contribution in [0.25, 0.3) is 11.0 Å². The Labute approximate surface area is 122 Å². The van der Waals surface area contributed by atoms with Crippen molar-refractivity contribution in [3.8, 4) is 0 Å². The number of fused-ring (bicyclic) bond motifs is 1. The molecular formula is C17H17FN2O. The van der Waals surface area contributed by atoms with E-state index in [0.717, 1.165) is 29.7 Å². The smallest absolute Gasteiger partial charge is 0.134 e. The van der Waals surface area contributed by atoms with Gasteiger partial charge in [0.2, 0.25) is 0 Å². The van der Waals surface area contributed by atoms with Crippen LogP contribution in [0.4, 0.5) is 4.39 Å². The molecule has 4 heteroatoms. The van der Waals surface area contributed by atoms with Crippen molar-refractivity contribution in [3.63, 3.8) is 0 Å². The third-order valence-corrected chi connectivity index (χ3v) is 3.40. The van der Waals surface area contributed by atoms with E-state index in [-0.39, 0.29) is 11.9 Å². The number of nitrogens with zero attached hydrogens (tertiary/aromatic N) is 1. The van der Waals surface area contributed by atoms with Gasteiger partial charge >= 0.3 is 0 Å². The van der Waals surface area contributed by atoms with E-state index in [1.807, 2.05) is 24.4 Å². The van der Waals surface area contributed by atoms with Crippen molar-refractivity contribution in [2.45, 2.75) is 19.4 Å². The zero-order chi connectivity index (χ0) is 14.7. The minimum atomic E-state index is -0.255. The standard InChI is InChI=1S/C17H17FN2O/c1-2-7-20-17(12-4-3-8-19-11-12)16-10-13-9-14(18)5-6-15(13)21-16/h3-6,8-11,17,20H,2,7H2,1H3. The highest BCUT2D eigenvalue weighted by molar-refractivity contribution is 5.78. The maximum atomic E-state index is 13.3. The summed E-state index contributed by atoms with van der Waals surface area (Å²) in [5, 5.41) is 4.23. The van der Waals surface area contributed by atoms with E-state index < -0.39 is 0 Å². The lowest BCUT2D eigenvalue weighted by Gasteiger charge is -2.16. The van der Waals surface area contributed by atoms with E-state index in [1.54, 1.807) is 12.3 Å². The van der Waals surface area contributed by atoms with Gasteiger partial charge in [-0.15, -0.1) is 0 Å². The highest BCUT2D eigenvalue weighted by Crippen LogP contribution is 2.28. The summed E-state index contributed by atoms with van der Waals surface area (Å²) < 4.78 is 19.2. The molecule has 0 aliphatic heterocycles. The lowest BCUT2D eigenvalue weighted by molar-refractivity contribution is 0.469. The Bertz CT molecular complexity index is 724. The zero-order valence-corrected chi connectivity index (χ0v) is 11.8. The van der Waals surface area contributed by atoms with E-state index >= 15 is 0 Å². The number of furan rings is 1. The molecule has 3 rings (SSSR count). The van der Waals surface area contributed by atoms with Crippen molar-refractivity contribution in [1.29, 1.82) is 0 Å².